The minimum atomic E-state index is -0.00800. The molecule has 4 heterocycles. The van der Waals surface area contributed by atoms with Crippen LogP contribution in [0.15, 0.2) is 36.5 Å². The Bertz CT molecular complexity index is 1540. The first-order valence-corrected chi connectivity index (χ1v) is 13.8. The van der Waals surface area contributed by atoms with Gasteiger partial charge in [0.1, 0.15) is 16.9 Å². The van der Waals surface area contributed by atoms with Crippen molar-refractivity contribution in [1.29, 1.82) is 0 Å². The number of hydrogen-bond donors (Lipinski definition) is 2. The predicted molar refractivity (Wildman–Crippen MR) is 145 cm³/mol. The van der Waals surface area contributed by atoms with E-state index in [2.05, 4.69) is 21.3 Å². The summed E-state index contributed by atoms with van der Waals surface area (Å²) in [7, 11) is 1.63. The van der Waals surface area contributed by atoms with Crippen molar-refractivity contribution in [2.24, 2.45) is 17.6 Å². The van der Waals surface area contributed by atoms with Crippen molar-refractivity contribution in [2.45, 2.75) is 57.3 Å². The zero-order valence-electron chi connectivity index (χ0n) is 21.7. The third-order valence-electron chi connectivity index (χ3n) is 8.75. The highest BCUT2D eigenvalue weighted by molar-refractivity contribution is 6.00. The molecule has 3 fully saturated rings. The van der Waals surface area contributed by atoms with Gasteiger partial charge in [0.05, 0.1) is 18.3 Å². The first kappa shape index (κ1) is 23.7. The molecule has 1 aromatic carbocycles. The summed E-state index contributed by atoms with van der Waals surface area (Å²) in [4.78, 5) is 25.4. The Morgan fingerprint density at radius 1 is 1.18 bits per heavy atom. The lowest BCUT2D eigenvalue weighted by Gasteiger charge is -2.27. The fraction of sp³-hybridized carbons (Fsp3) is 0.483. The smallest absolute Gasteiger partial charge is 0.254 e. The lowest BCUT2D eigenvalue weighted by Crippen LogP contribution is -2.41. The Labute approximate surface area is 221 Å². The molecule has 1 aliphatic heterocycles. The lowest BCUT2D eigenvalue weighted by atomic mass is 10.1. The molecule has 38 heavy (non-hydrogen) atoms. The van der Waals surface area contributed by atoms with Crippen LogP contribution in [0.5, 0.6) is 5.75 Å². The van der Waals surface area contributed by atoms with Gasteiger partial charge in [-0.3, -0.25) is 4.79 Å². The van der Waals surface area contributed by atoms with Gasteiger partial charge in [-0.25, -0.2) is 9.97 Å². The number of aliphatic hydroxyl groups excluding tert-OH is 1. The molecule has 9 heteroatoms. The summed E-state index contributed by atoms with van der Waals surface area (Å²) in [6.45, 7) is 2.27. The molecule has 2 saturated carbocycles. The maximum atomic E-state index is 13.7. The minimum Gasteiger partial charge on any atom is -0.494 e. The van der Waals surface area contributed by atoms with Crippen molar-refractivity contribution in [3.05, 3.63) is 42.1 Å². The third kappa shape index (κ3) is 3.71. The van der Waals surface area contributed by atoms with Crippen molar-refractivity contribution in [2.75, 3.05) is 20.3 Å². The topological polar surface area (TPSA) is 111 Å². The highest BCUT2D eigenvalue weighted by Gasteiger charge is 2.47. The number of aryl methyl sites for hydroxylation is 1. The van der Waals surface area contributed by atoms with Gasteiger partial charge in [-0.2, -0.15) is 0 Å². The number of aromatic nitrogens is 4. The number of likely N-dealkylation sites (tertiary alicyclic amines) is 1. The average molecular weight is 515 g/mol. The standard InChI is InChI=1S/C29H34N6O3/c1-38-24-14-20(29(37)35-16-19-7-8-22(35)25(19)30)12-21-26(24)33(10-3-11-36)28(32-21)23-13-18-4-2-9-31-27(18)34(23)15-17-5-6-17/h2,4,9,12-14,17,19,22,25,36H,3,5-8,10-11,15-16,30H2,1H3/t19-,22-,25-/m1/s1. The summed E-state index contributed by atoms with van der Waals surface area (Å²) in [5, 5.41) is 10.8. The molecule has 3 atom stereocenters. The quantitative estimate of drug-likeness (QED) is 0.373. The Kier molecular flexibility index (Phi) is 5.67. The van der Waals surface area contributed by atoms with E-state index in [1.54, 1.807) is 7.11 Å². The summed E-state index contributed by atoms with van der Waals surface area (Å²) in [6.07, 6.45) is 6.94. The van der Waals surface area contributed by atoms with Crippen molar-refractivity contribution >= 4 is 28.0 Å². The number of carbonyl (C=O) groups is 1. The molecule has 2 bridgehead atoms. The average Bonchev–Trinajstić information content (AvgIpc) is 3.29. The van der Waals surface area contributed by atoms with E-state index in [1.807, 2.05) is 29.3 Å². The van der Waals surface area contributed by atoms with Crippen LogP contribution < -0.4 is 10.5 Å². The number of amides is 1. The van der Waals surface area contributed by atoms with E-state index in [0.29, 0.717) is 41.6 Å². The fourth-order valence-electron chi connectivity index (χ4n) is 6.61. The Morgan fingerprint density at radius 2 is 2.05 bits per heavy atom. The van der Waals surface area contributed by atoms with Crippen LogP contribution in [0.1, 0.15) is 42.5 Å². The molecule has 7 rings (SSSR count). The number of benzene rings is 1. The number of pyridine rings is 1. The minimum absolute atomic E-state index is 0.00800. The van der Waals surface area contributed by atoms with Crippen LogP contribution in [0, 0.1) is 11.8 Å². The second-order valence-corrected chi connectivity index (χ2v) is 11.1. The molecule has 1 amide bonds. The second-order valence-electron chi connectivity index (χ2n) is 11.1. The van der Waals surface area contributed by atoms with E-state index in [-0.39, 0.29) is 24.6 Å². The van der Waals surface area contributed by atoms with Crippen LogP contribution >= 0.6 is 0 Å². The molecule has 0 spiro atoms. The Morgan fingerprint density at radius 3 is 2.76 bits per heavy atom. The highest BCUT2D eigenvalue weighted by Crippen LogP contribution is 2.40. The molecule has 0 unspecified atom stereocenters. The van der Waals surface area contributed by atoms with E-state index < -0.39 is 0 Å². The highest BCUT2D eigenvalue weighted by atomic mass is 16.5. The maximum Gasteiger partial charge on any atom is 0.254 e. The second kappa shape index (κ2) is 9.10. The number of rotatable bonds is 8. The summed E-state index contributed by atoms with van der Waals surface area (Å²) in [6, 6.07) is 10.1. The molecule has 3 aliphatic rings. The van der Waals surface area contributed by atoms with E-state index in [9.17, 15) is 9.90 Å². The summed E-state index contributed by atoms with van der Waals surface area (Å²) >= 11 is 0. The Balaban J connectivity index is 1.38. The molecular weight excluding hydrogens is 480 g/mol. The van der Waals surface area contributed by atoms with Gasteiger partial charge in [0.15, 0.2) is 5.82 Å². The number of fused-ring (bicyclic) bond motifs is 4. The van der Waals surface area contributed by atoms with Gasteiger partial charge in [-0.1, -0.05) is 0 Å². The third-order valence-corrected chi connectivity index (χ3v) is 8.75. The zero-order chi connectivity index (χ0) is 26.0. The maximum absolute atomic E-state index is 13.7. The van der Waals surface area contributed by atoms with E-state index in [1.165, 1.54) is 12.8 Å². The van der Waals surface area contributed by atoms with Crippen LogP contribution in [-0.4, -0.2) is 67.4 Å². The number of hydrogen-bond acceptors (Lipinski definition) is 6. The SMILES string of the molecule is COc1cc(C(=O)N2C[C@H]3CC[C@@H]2[C@@H]3N)cc2nc(-c3cc4cccnc4n3CC3CC3)n(CCCO)c12. The van der Waals surface area contributed by atoms with E-state index >= 15 is 0 Å². The van der Waals surface area contributed by atoms with Gasteiger partial charge >= 0.3 is 0 Å². The lowest BCUT2D eigenvalue weighted by molar-refractivity contribution is 0.0700. The molecule has 1 saturated heterocycles. The molecule has 3 aromatic heterocycles. The largest absolute Gasteiger partial charge is 0.494 e. The summed E-state index contributed by atoms with van der Waals surface area (Å²) in [5.74, 6) is 2.45. The zero-order valence-corrected chi connectivity index (χ0v) is 21.7. The molecule has 198 valence electrons. The molecule has 4 aromatic rings. The van der Waals surface area contributed by atoms with Crippen LogP contribution in [0.2, 0.25) is 0 Å². The van der Waals surface area contributed by atoms with Crippen LogP contribution in [0.4, 0.5) is 0 Å². The van der Waals surface area contributed by atoms with E-state index in [4.69, 9.17) is 20.4 Å². The number of nitrogens with two attached hydrogens (primary N) is 1. The van der Waals surface area contributed by atoms with Gasteiger partial charge in [-0.05, 0) is 74.3 Å². The number of piperidine rings is 1. The number of aliphatic hydroxyl groups is 1. The van der Waals surface area contributed by atoms with Gasteiger partial charge in [0, 0.05) is 55.5 Å². The van der Waals surface area contributed by atoms with Crippen molar-refractivity contribution in [3.63, 3.8) is 0 Å². The van der Waals surface area contributed by atoms with Gasteiger partial charge in [0.2, 0.25) is 0 Å². The first-order valence-electron chi connectivity index (χ1n) is 13.8. The van der Waals surface area contributed by atoms with Crippen LogP contribution in [0.3, 0.4) is 0 Å². The summed E-state index contributed by atoms with van der Waals surface area (Å²) < 4.78 is 10.3. The van der Waals surface area contributed by atoms with Crippen molar-refractivity contribution in [1.82, 2.24) is 24.0 Å². The summed E-state index contributed by atoms with van der Waals surface area (Å²) in [5.41, 5.74) is 10.5. The van der Waals surface area contributed by atoms with Crippen LogP contribution in [-0.2, 0) is 13.1 Å². The van der Waals surface area contributed by atoms with Crippen molar-refractivity contribution in [3.8, 4) is 17.3 Å². The molecule has 0 radical (unpaired) electrons. The molecule has 3 N–H and O–H groups in total. The molecular formula is C29H34N6O3. The number of methoxy groups -OCH3 is 1. The predicted octanol–water partition coefficient (Wildman–Crippen LogP) is 3.42. The number of ether oxygens (including phenoxy) is 1. The first-order chi connectivity index (χ1) is 18.6. The van der Waals surface area contributed by atoms with Gasteiger partial charge in [-0.15, -0.1) is 0 Å². The molecule has 2 aliphatic carbocycles. The number of nitrogens with zero attached hydrogens (tertiary/aromatic N) is 5. The van der Waals surface area contributed by atoms with E-state index in [0.717, 1.165) is 54.0 Å². The Hall–Kier alpha value is -3.43. The number of carbonyl (C=O) groups excluding carboxylic acids is 1. The van der Waals surface area contributed by atoms with Crippen molar-refractivity contribution < 1.29 is 14.6 Å². The van der Waals surface area contributed by atoms with Gasteiger partial charge in [0.25, 0.3) is 5.91 Å². The fourth-order valence-corrected chi connectivity index (χ4v) is 6.61. The normalized spacial score (nSPS) is 22.7. The van der Waals surface area contributed by atoms with Gasteiger partial charge < -0.3 is 29.6 Å². The monoisotopic (exact) mass is 514 g/mol. The molecule has 9 nitrogen and oxygen atoms in total. The van der Waals surface area contributed by atoms with Crippen LogP contribution in [0.25, 0.3) is 33.6 Å². The number of imidazole rings is 1.